The number of hydrogen-bond acceptors (Lipinski definition) is 4. The Morgan fingerprint density at radius 3 is 2.87 bits per heavy atom. The predicted octanol–water partition coefficient (Wildman–Crippen LogP) is 0.453. The van der Waals surface area contributed by atoms with Crippen LogP contribution in [0.1, 0.15) is 13.3 Å². The fraction of sp³-hybridized carbons (Fsp3) is 0.900. The second-order valence-electron chi connectivity index (χ2n) is 4.05. The summed E-state index contributed by atoms with van der Waals surface area (Å²) in [6, 6.07) is 0.974. The van der Waals surface area contributed by atoms with Gasteiger partial charge in [0.1, 0.15) is 0 Å². The van der Waals surface area contributed by atoms with Crippen LogP contribution in [-0.4, -0.2) is 56.7 Å². The highest BCUT2D eigenvalue weighted by molar-refractivity contribution is 5.76. The van der Waals surface area contributed by atoms with E-state index in [-0.39, 0.29) is 18.5 Å². The molecule has 0 aromatic heterocycles. The highest BCUT2D eigenvalue weighted by Gasteiger charge is 2.47. The van der Waals surface area contributed by atoms with Crippen LogP contribution < -0.4 is 0 Å². The van der Waals surface area contributed by atoms with Crippen LogP contribution >= 0.6 is 0 Å². The van der Waals surface area contributed by atoms with E-state index in [0.717, 1.165) is 6.42 Å². The molecule has 5 heteroatoms. The van der Waals surface area contributed by atoms with Gasteiger partial charge in [-0.05, 0) is 13.3 Å². The summed E-state index contributed by atoms with van der Waals surface area (Å²) in [4.78, 5) is 6.16. The van der Waals surface area contributed by atoms with Crippen molar-refractivity contribution in [2.45, 2.75) is 37.9 Å². The van der Waals surface area contributed by atoms with Crippen LogP contribution in [0, 0.1) is 0 Å². The Balaban J connectivity index is 2.19. The lowest BCUT2D eigenvalue weighted by molar-refractivity contribution is -0.223. The molecule has 1 unspecified atom stereocenters. The minimum absolute atomic E-state index is 0.0603. The van der Waals surface area contributed by atoms with Crippen molar-refractivity contribution in [2.75, 3.05) is 21.2 Å². The lowest BCUT2D eigenvalue weighted by Crippen LogP contribution is -2.49. The van der Waals surface area contributed by atoms with Crippen LogP contribution in [0.4, 0.5) is 0 Å². The van der Waals surface area contributed by atoms with Crippen molar-refractivity contribution in [1.29, 1.82) is 0 Å². The number of likely N-dealkylation sites (N-methyl/N-ethyl adjacent to an activating group) is 1. The van der Waals surface area contributed by atoms with Gasteiger partial charge in [0.2, 0.25) is 0 Å². The Bertz CT molecular complexity index is 269. The van der Waals surface area contributed by atoms with Gasteiger partial charge in [0.05, 0.1) is 12.1 Å². The zero-order valence-corrected chi connectivity index (χ0v) is 9.64. The molecule has 0 aromatic carbocycles. The zero-order valence-electron chi connectivity index (χ0n) is 9.64. The Morgan fingerprint density at radius 2 is 2.27 bits per heavy atom. The number of methoxy groups -OCH3 is 1. The standard InChI is InChI=1S/C10H18N2O3/c1-6-5-7-8(9(13-4)14-6)15-10(11-2)12(7)3/h6-9H,5H2,1-4H3/b11-10-/t6-,7?,8-,9-/m1/s1. The second-order valence-corrected chi connectivity index (χ2v) is 4.05. The van der Waals surface area contributed by atoms with Gasteiger partial charge in [-0.2, -0.15) is 0 Å². The highest BCUT2D eigenvalue weighted by atomic mass is 16.7. The average Bonchev–Trinajstić information content (AvgIpc) is 2.55. The molecule has 0 aromatic rings. The Kier molecular flexibility index (Phi) is 2.84. The Hall–Kier alpha value is -0.810. The minimum atomic E-state index is -0.291. The average molecular weight is 214 g/mol. The molecule has 15 heavy (non-hydrogen) atoms. The van der Waals surface area contributed by atoms with Crippen LogP contribution in [0.25, 0.3) is 0 Å². The van der Waals surface area contributed by atoms with Crippen LogP contribution in [0.5, 0.6) is 0 Å². The summed E-state index contributed by atoms with van der Waals surface area (Å²) >= 11 is 0. The first kappa shape index (κ1) is 10.7. The molecule has 2 fully saturated rings. The van der Waals surface area contributed by atoms with E-state index in [1.807, 2.05) is 7.05 Å². The molecule has 0 N–H and O–H groups in total. The molecule has 2 aliphatic heterocycles. The molecule has 2 heterocycles. The predicted molar refractivity (Wildman–Crippen MR) is 55.7 cm³/mol. The highest BCUT2D eigenvalue weighted by Crippen LogP contribution is 2.31. The molecule has 2 aliphatic rings. The number of ether oxygens (including phenoxy) is 3. The van der Waals surface area contributed by atoms with Crippen molar-refractivity contribution in [3.05, 3.63) is 0 Å². The third-order valence-corrected chi connectivity index (χ3v) is 3.05. The molecule has 86 valence electrons. The van der Waals surface area contributed by atoms with Gasteiger partial charge >= 0.3 is 0 Å². The Labute approximate surface area is 90.0 Å². The maximum Gasteiger partial charge on any atom is 0.287 e. The maximum absolute atomic E-state index is 5.70. The second kappa shape index (κ2) is 3.98. The summed E-state index contributed by atoms with van der Waals surface area (Å²) in [6.45, 7) is 2.05. The first-order chi connectivity index (χ1) is 7.17. The summed E-state index contributed by atoms with van der Waals surface area (Å²) in [7, 11) is 5.37. The van der Waals surface area contributed by atoms with E-state index in [2.05, 4.69) is 16.8 Å². The van der Waals surface area contributed by atoms with E-state index in [1.54, 1.807) is 14.2 Å². The molecule has 2 saturated heterocycles. The number of rotatable bonds is 1. The van der Waals surface area contributed by atoms with Crippen LogP contribution in [0.2, 0.25) is 0 Å². The van der Waals surface area contributed by atoms with Gasteiger partial charge in [0.15, 0.2) is 12.4 Å². The van der Waals surface area contributed by atoms with Gasteiger partial charge in [-0.15, -0.1) is 0 Å². The SMILES string of the molecule is C/N=C1\O[C@@H]2C(C[C@@H](C)O[C@H]2OC)N1C. The van der Waals surface area contributed by atoms with E-state index in [4.69, 9.17) is 14.2 Å². The smallest absolute Gasteiger partial charge is 0.287 e. The molecule has 4 atom stereocenters. The monoisotopic (exact) mass is 214 g/mol. The van der Waals surface area contributed by atoms with Crippen molar-refractivity contribution >= 4 is 6.02 Å². The fourth-order valence-electron chi connectivity index (χ4n) is 2.28. The van der Waals surface area contributed by atoms with Crippen molar-refractivity contribution in [3.63, 3.8) is 0 Å². The van der Waals surface area contributed by atoms with Crippen molar-refractivity contribution in [2.24, 2.45) is 4.99 Å². The summed E-state index contributed by atoms with van der Waals surface area (Å²) in [5.41, 5.74) is 0. The minimum Gasteiger partial charge on any atom is -0.454 e. The van der Waals surface area contributed by atoms with Crippen LogP contribution in [0.15, 0.2) is 4.99 Å². The molecular formula is C10H18N2O3. The maximum atomic E-state index is 5.70. The van der Waals surface area contributed by atoms with Crippen molar-refractivity contribution < 1.29 is 14.2 Å². The van der Waals surface area contributed by atoms with E-state index in [9.17, 15) is 0 Å². The lowest BCUT2D eigenvalue weighted by atomic mass is 10.0. The van der Waals surface area contributed by atoms with Crippen LogP contribution in [-0.2, 0) is 14.2 Å². The topological polar surface area (TPSA) is 43.3 Å². The fourth-order valence-corrected chi connectivity index (χ4v) is 2.28. The third kappa shape index (κ3) is 1.70. The number of fused-ring (bicyclic) bond motifs is 1. The first-order valence-electron chi connectivity index (χ1n) is 5.22. The lowest BCUT2D eigenvalue weighted by Gasteiger charge is -2.35. The number of aliphatic imine (C=N–C) groups is 1. The van der Waals surface area contributed by atoms with Gasteiger partial charge in [-0.1, -0.05) is 0 Å². The molecule has 0 radical (unpaired) electrons. The third-order valence-electron chi connectivity index (χ3n) is 3.05. The van der Waals surface area contributed by atoms with Gasteiger partial charge in [0.25, 0.3) is 6.02 Å². The summed E-state index contributed by atoms with van der Waals surface area (Å²) in [6.07, 6.45) is 0.786. The quantitative estimate of drug-likeness (QED) is 0.635. The van der Waals surface area contributed by atoms with Crippen LogP contribution in [0.3, 0.4) is 0 Å². The van der Waals surface area contributed by atoms with Crippen molar-refractivity contribution in [1.82, 2.24) is 4.90 Å². The molecule has 0 aliphatic carbocycles. The molecule has 0 spiro atoms. The number of amidine groups is 1. The number of nitrogens with zero attached hydrogens (tertiary/aromatic N) is 2. The van der Waals surface area contributed by atoms with Gasteiger partial charge in [-0.25, -0.2) is 4.99 Å². The van der Waals surface area contributed by atoms with Gasteiger partial charge in [-0.3, -0.25) is 0 Å². The molecule has 2 rings (SSSR count). The van der Waals surface area contributed by atoms with E-state index >= 15 is 0 Å². The summed E-state index contributed by atoms with van der Waals surface area (Å²) < 4.78 is 16.7. The Morgan fingerprint density at radius 1 is 1.53 bits per heavy atom. The molecular weight excluding hydrogens is 196 g/mol. The van der Waals surface area contributed by atoms with Crippen molar-refractivity contribution in [3.8, 4) is 0 Å². The van der Waals surface area contributed by atoms with E-state index < -0.39 is 0 Å². The van der Waals surface area contributed by atoms with E-state index in [1.165, 1.54) is 0 Å². The number of hydrogen-bond donors (Lipinski definition) is 0. The molecule has 5 nitrogen and oxygen atoms in total. The van der Waals surface area contributed by atoms with Gasteiger partial charge in [0, 0.05) is 21.2 Å². The summed E-state index contributed by atoms with van der Waals surface area (Å²) in [5.74, 6) is 0. The largest absolute Gasteiger partial charge is 0.454 e. The molecule has 0 saturated carbocycles. The van der Waals surface area contributed by atoms with E-state index in [0.29, 0.717) is 12.1 Å². The summed E-state index contributed by atoms with van der Waals surface area (Å²) in [5, 5.41) is 0. The normalized spacial score (nSPS) is 42.9. The zero-order chi connectivity index (χ0) is 11.0. The van der Waals surface area contributed by atoms with Gasteiger partial charge < -0.3 is 19.1 Å². The molecule has 0 bridgehead atoms. The first-order valence-corrected chi connectivity index (χ1v) is 5.22. The molecule has 0 amide bonds.